The number of halogens is 1. The highest BCUT2D eigenvalue weighted by molar-refractivity contribution is 7.93. The predicted molar refractivity (Wildman–Crippen MR) is 120 cm³/mol. The van der Waals surface area contributed by atoms with Crippen LogP contribution in [0, 0.1) is 5.82 Å². The number of para-hydroxylation sites is 1. The molecular weight excluding hydrogens is 467 g/mol. The molecule has 0 spiro atoms. The summed E-state index contributed by atoms with van der Waals surface area (Å²) in [5.41, 5.74) is 0.371. The van der Waals surface area contributed by atoms with Gasteiger partial charge >= 0.3 is 0 Å². The molecule has 0 aliphatic carbocycles. The number of ether oxygens (including phenoxy) is 2. The van der Waals surface area contributed by atoms with E-state index in [9.17, 15) is 12.8 Å². The van der Waals surface area contributed by atoms with Crippen LogP contribution in [-0.2, 0) is 16.4 Å². The largest absolute Gasteiger partial charge is 0.494 e. The van der Waals surface area contributed by atoms with Gasteiger partial charge in [-0.15, -0.1) is 10.2 Å². The molecule has 0 amide bonds. The number of furan rings is 1. The van der Waals surface area contributed by atoms with Crippen molar-refractivity contribution in [3.8, 4) is 28.8 Å². The molecule has 4 aromatic rings. The van der Waals surface area contributed by atoms with Gasteiger partial charge in [0.2, 0.25) is 21.8 Å². The minimum Gasteiger partial charge on any atom is -0.494 e. The number of hydrogen-bond donors (Lipinski definition) is 1. The molecule has 3 aromatic heterocycles. The molecule has 0 aliphatic heterocycles. The van der Waals surface area contributed by atoms with Gasteiger partial charge in [-0.2, -0.15) is 0 Å². The van der Waals surface area contributed by atoms with Crippen molar-refractivity contribution in [2.45, 2.75) is 18.6 Å². The first kappa shape index (κ1) is 23.2. The van der Waals surface area contributed by atoms with E-state index in [0.717, 1.165) is 12.4 Å². The van der Waals surface area contributed by atoms with Gasteiger partial charge < -0.3 is 13.9 Å². The van der Waals surface area contributed by atoms with Gasteiger partial charge in [0.25, 0.3) is 0 Å². The Kier molecular flexibility index (Phi) is 6.45. The Labute approximate surface area is 194 Å². The highest BCUT2D eigenvalue weighted by Crippen LogP contribution is 2.37. The van der Waals surface area contributed by atoms with Crippen molar-refractivity contribution >= 4 is 16.0 Å². The number of sulfonamides is 1. The van der Waals surface area contributed by atoms with Crippen LogP contribution in [0.25, 0.3) is 17.3 Å². The molecule has 1 atom stereocenters. The maximum atomic E-state index is 13.2. The van der Waals surface area contributed by atoms with Crippen molar-refractivity contribution < 1.29 is 26.7 Å². The zero-order valence-corrected chi connectivity index (χ0v) is 19.3. The third-order valence-corrected chi connectivity index (χ3v) is 6.63. The van der Waals surface area contributed by atoms with E-state index in [0.29, 0.717) is 22.9 Å². The number of anilines is 1. The maximum Gasteiger partial charge on any atom is 0.243 e. The van der Waals surface area contributed by atoms with Crippen LogP contribution in [0.15, 0.2) is 53.4 Å². The predicted octanol–water partition coefficient (Wildman–Crippen LogP) is 2.85. The van der Waals surface area contributed by atoms with Gasteiger partial charge in [0.15, 0.2) is 11.6 Å². The molecule has 178 valence electrons. The second-order valence-electron chi connectivity index (χ2n) is 7.15. The third-order valence-electron chi connectivity index (χ3n) is 4.94. The van der Waals surface area contributed by atoms with Crippen LogP contribution in [0.3, 0.4) is 0 Å². The quantitative estimate of drug-likeness (QED) is 0.377. The molecule has 1 N–H and O–H groups in total. The highest BCUT2D eigenvalue weighted by atomic mass is 32.2. The summed E-state index contributed by atoms with van der Waals surface area (Å²) in [5.74, 6) is 0.810. The van der Waals surface area contributed by atoms with Gasteiger partial charge in [0.05, 0.1) is 38.1 Å². The van der Waals surface area contributed by atoms with Crippen molar-refractivity contribution in [2.75, 3.05) is 18.9 Å². The lowest BCUT2D eigenvalue weighted by Gasteiger charge is -2.18. The topological polar surface area (TPSA) is 134 Å². The molecule has 4 rings (SSSR count). The zero-order chi connectivity index (χ0) is 24.3. The lowest BCUT2D eigenvalue weighted by Crippen LogP contribution is -2.29. The molecular formula is C21H21FN6O5S. The van der Waals surface area contributed by atoms with Gasteiger partial charge in [0, 0.05) is 6.42 Å². The maximum absolute atomic E-state index is 13.2. The molecule has 0 radical (unpaired) electrons. The van der Waals surface area contributed by atoms with Gasteiger partial charge in [-0.05, 0) is 31.2 Å². The number of nitrogens with one attached hydrogen (secondary N) is 1. The standard InChI is InChI=1S/C21H21FN6O5S/c1-13(10-18-23-11-14(22)12-24-18)34(29,30)27-21-26-25-20(17-8-5-9-33-17)28(21)19-15(31-2)6-4-7-16(19)32-3/h4-9,11-13H,10H2,1-3H3,(H,26,27)/t13-/m1/s1. The molecule has 3 heterocycles. The summed E-state index contributed by atoms with van der Waals surface area (Å²) in [7, 11) is -1.05. The normalized spacial score (nSPS) is 12.4. The fraction of sp³-hybridized carbons (Fsp3) is 0.238. The summed E-state index contributed by atoms with van der Waals surface area (Å²) in [6.45, 7) is 1.48. The van der Waals surface area contributed by atoms with E-state index in [1.165, 1.54) is 32.0 Å². The Morgan fingerprint density at radius 3 is 2.35 bits per heavy atom. The number of nitrogens with zero attached hydrogens (tertiary/aromatic N) is 5. The minimum atomic E-state index is -4.01. The minimum absolute atomic E-state index is 0.0488. The zero-order valence-electron chi connectivity index (χ0n) is 18.5. The smallest absolute Gasteiger partial charge is 0.243 e. The van der Waals surface area contributed by atoms with Crippen LogP contribution in [0.5, 0.6) is 11.5 Å². The van der Waals surface area contributed by atoms with Crippen LogP contribution in [-0.4, -0.2) is 52.6 Å². The van der Waals surface area contributed by atoms with Crippen LogP contribution in [0.4, 0.5) is 10.3 Å². The molecule has 34 heavy (non-hydrogen) atoms. The molecule has 0 bridgehead atoms. The molecule has 0 saturated carbocycles. The molecule has 1 aromatic carbocycles. The van der Waals surface area contributed by atoms with Crippen molar-refractivity contribution in [1.29, 1.82) is 0 Å². The van der Waals surface area contributed by atoms with E-state index in [2.05, 4.69) is 24.9 Å². The first-order valence-electron chi connectivity index (χ1n) is 10.0. The molecule has 11 nitrogen and oxygen atoms in total. The fourth-order valence-electron chi connectivity index (χ4n) is 3.22. The average Bonchev–Trinajstić information content (AvgIpc) is 3.49. The van der Waals surface area contributed by atoms with E-state index in [4.69, 9.17) is 13.9 Å². The number of benzene rings is 1. The van der Waals surface area contributed by atoms with Crippen LogP contribution < -0.4 is 14.2 Å². The summed E-state index contributed by atoms with van der Waals surface area (Å²) < 4.78 is 59.8. The number of aromatic nitrogens is 5. The number of methoxy groups -OCH3 is 2. The molecule has 0 saturated heterocycles. The molecule has 13 heteroatoms. The van der Waals surface area contributed by atoms with E-state index in [-0.39, 0.29) is 24.0 Å². The van der Waals surface area contributed by atoms with E-state index >= 15 is 0 Å². The average molecular weight is 489 g/mol. The van der Waals surface area contributed by atoms with Crippen LogP contribution in [0.1, 0.15) is 12.7 Å². The van der Waals surface area contributed by atoms with Crippen molar-refractivity contribution in [2.24, 2.45) is 0 Å². The Balaban J connectivity index is 1.77. The molecule has 0 aliphatic rings. The first-order valence-corrected chi connectivity index (χ1v) is 11.6. The second-order valence-corrected chi connectivity index (χ2v) is 9.25. The summed E-state index contributed by atoms with van der Waals surface area (Å²) in [5, 5.41) is 7.22. The number of hydrogen-bond acceptors (Lipinski definition) is 9. The SMILES string of the molecule is COc1cccc(OC)c1-n1c(NS(=O)(=O)[C@H](C)Cc2ncc(F)cn2)nnc1-c1ccco1. The van der Waals surface area contributed by atoms with Crippen LogP contribution in [0.2, 0.25) is 0 Å². The van der Waals surface area contributed by atoms with Crippen molar-refractivity contribution in [3.05, 3.63) is 60.6 Å². The fourth-order valence-corrected chi connectivity index (χ4v) is 4.17. The van der Waals surface area contributed by atoms with Gasteiger partial charge in [0.1, 0.15) is 23.0 Å². The lowest BCUT2D eigenvalue weighted by atomic mass is 10.2. The van der Waals surface area contributed by atoms with Crippen molar-refractivity contribution in [3.63, 3.8) is 0 Å². The second kappa shape index (κ2) is 9.47. The molecule has 0 unspecified atom stereocenters. The van der Waals surface area contributed by atoms with Crippen LogP contribution >= 0.6 is 0 Å². The lowest BCUT2D eigenvalue weighted by molar-refractivity contribution is 0.391. The van der Waals surface area contributed by atoms with E-state index in [1.807, 2.05) is 0 Å². The summed E-state index contributed by atoms with van der Waals surface area (Å²) >= 11 is 0. The van der Waals surface area contributed by atoms with Gasteiger partial charge in [-0.3, -0.25) is 9.29 Å². The van der Waals surface area contributed by atoms with Crippen molar-refractivity contribution in [1.82, 2.24) is 24.7 Å². The first-order chi connectivity index (χ1) is 16.3. The Bertz CT molecular complexity index is 1350. The van der Waals surface area contributed by atoms with Gasteiger partial charge in [-0.1, -0.05) is 6.07 Å². The Hall–Kier alpha value is -4.00. The number of rotatable bonds is 9. The Morgan fingerprint density at radius 1 is 1.09 bits per heavy atom. The van der Waals surface area contributed by atoms with E-state index < -0.39 is 21.1 Å². The monoisotopic (exact) mass is 488 g/mol. The summed E-state index contributed by atoms with van der Waals surface area (Å²) in [6.07, 6.45) is 3.37. The Morgan fingerprint density at radius 2 is 1.76 bits per heavy atom. The third kappa shape index (κ3) is 4.55. The van der Waals surface area contributed by atoms with Gasteiger partial charge in [-0.25, -0.2) is 22.8 Å². The molecule has 0 fully saturated rings. The summed E-state index contributed by atoms with van der Waals surface area (Å²) in [4.78, 5) is 7.66. The van der Waals surface area contributed by atoms with E-state index in [1.54, 1.807) is 30.3 Å². The summed E-state index contributed by atoms with van der Waals surface area (Å²) in [6, 6.07) is 8.44. The highest BCUT2D eigenvalue weighted by Gasteiger charge is 2.29.